The predicted molar refractivity (Wildman–Crippen MR) is 111 cm³/mol. The van der Waals surface area contributed by atoms with Gasteiger partial charge in [-0.05, 0) is 57.8 Å². The maximum Gasteiger partial charge on any atom is 0.191 e. The van der Waals surface area contributed by atoms with Gasteiger partial charge in [0, 0.05) is 19.7 Å². The third-order valence-corrected chi connectivity index (χ3v) is 4.74. The first-order valence-electron chi connectivity index (χ1n) is 9.28. The molecule has 2 saturated heterocycles. The van der Waals surface area contributed by atoms with Crippen LogP contribution in [0.3, 0.4) is 0 Å². The van der Waals surface area contributed by atoms with Crippen molar-refractivity contribution < 1.29 is 9.15 Å². The molecule has 1 aromatic heterocycles. The van der Waals surface area contributed by atoms with E-state index in [-0.39, 0.29) is 30.0 Å². The molecule has 0 aliphatic carbocycles. The molecule has 25 heavy (non-hydrogen) atoms. The predicted octanol–water partition coefficient (Wildman–Crippen LogP) is 2.77. The molecule has 2 atom stereocenters. The van der Waals surface area contributed by atoms with Crippen molar-refractivity contribution in [3.8, 4) is 0 Å². The Bertz CT molecular complexity index is 497. The van der Waals surface area contributed by atoms with Gasteiger partial charge >= 0.3 is 0 Å². The minimum absolute atomic E-state index is 0. The lowest BCUT2D eigenvalue weighted by atomic mass is 10.2. The number of halogens is 1. The molecule has 0 saturated carbocycles. The normalized spacial score (nSPS) is 22.6. The van der Waals surface area contributed by atoms with E-state index in [1.807, 2.05) is 6.07 Å². The quantitative estimate of drug-likeness (QED) is 0.371. The molecular weight excluding hydrogens is 431 g/mol. The van der Waals surface area contributed by atoms with Crippen LogP contribution >= 0.6 is 24.0 Å². The van der Waals surface area contributed by atoms with Crippen LogP contribution in [0.4, 0.5) is 0 Å². The highest BCUT2D eigenvalue weighted by Gasteiger charge is 2.25. The van der Waals surface area contributed by atoms with Gasteiger partial charge in [0.25, 0.3) is 0 Å². The van der Waals surface area contributed by atoms with Crippen molar-refractivity contribution in [2.24, 2.45) is 4.99 Å². The summed E-state index contributed by atoms with van der Waals surface area (Å²) < 4.78 is 11.3. The first-order chi connectivity index (χ1) is 11.9. The third kappa shape index (κ3) is 6.14. The summed E-state index contributed by atoms with van der Waals surface area (Å²) in [5.74, 6) is 1.87. The smallest absolute Gasteiger partial charge is 0.191 e. The molecule has 3 heterocycles. The number of nitrogens with zero attached hydrogens (tertiary/aromatic N) is 2. The van der Waals surface area contributed by atoms with E-state index in [4.69, 9.17) is 14.1 Å². The van der Waals surface area contributed by atoms with Crippen molar-refractivity contribution in [2.75, 3.05) is 39.3 Å². The fourth-order valence-electron chi connectivity index (χ4n) is 3.45. The number of hydrogen-bond donors (Lipinski definition) is 2. The molecule has 0 amide bonds. The molecule has 0 spiro atoms. The number of ether oxygens (including phenoxy) is 1. The highest BCUT2D eigenvalue weighted by molar-refractivity contribution is 14.0. The molecule has 1 aromatic rings. The fourth-order valence-corrected chi connectivity index (χ4v) is 3.45. The zero-order valence-electron chi connectivity index (χ0n) is 15.1. The van der Waals surface area contributed by atoms with E-state index in [0.29, 0.717) is 12.6 Å². The van der Waals surface area contributed by atoms with Crippen molar-refractivity contribution in [2.45, 2.75) is 44.8 Å². The van der Waals surface area contributed by atoms with Crippen LogP contribution in [0.1, 0.15) is 44.4 Å². The van der Waals surface area contributed by atoms with Gasteiger partial charge in [0.15, 0.2) is 5.96 Å². The lowest BCUT2D eigenvalue weighted by molar-refractivity contribution is 0.113. The Balaban J connectivity index is 0.00000225. The molecule has 2 fully saturated rings. The Morgan fingerprint density at radius 3 is 2.80 bits per heavy atom. The van der Waals surface area contributed by atoms with E-state index >= 15 is 0 Å². The summed E-state index contributed by atoms with van der Waals surface area (Å²) in [5, 5.41) is 6.75. The third-order valence-electron chi connectivity index (χ3n) is 4.74. The molecule has 142 valence electrons. The number of furan rings is 1. The second-order valence-corrected chi connectivity index (χ2v) is 6.51. The summed E-state index contributed by atoms with van der Waals surface area (Å²) in [6, 6.07) is 4.24. The van der Waals surface area contributed by atoms with Gasteiger partial charge in [0.2, 0.25) is 0 Å². The van der Waals surface area contributed by atoms with Gasteiger partial charge in [0.1, 0.15) is 5.76 Å². The van der Waals surface area contributed by atoms with Crippen molar-refractivity contribution >= 4 is 29.9 Å². The minimum atomic E-state index is 0. The van der Waals surface area contributed by atoms with Crippen molar-refractivity contribution in [1.82, 2.24) is 15.5 Å². The zero-order chi connectivity index (χ0) is 16.6. The highest BCUT2D eigenvalue weighted by Crippen LogP contribution is 2.25. The van der Waals surface area contributed by atoms with Gasteiger partial charge in [-0.1, -0.05) is 0 Å². The average Bonchev–Trinajstić information content (AvgIpc) is 3.35. The van der Waals surface area contributed by atoms with E-state index in [9.17, 15) is 0 Å². The second kappa shape index (κ2) is 11.0. The van der Waals surface area contributed by atoms with Crippen LogP contribution in [0.5, 0.6) is 0 Å². The Kier molecular flexibility index (Phi) is 9.05. The first kappa shape index (κ1) is 20.5. The molecule has 2 N–H and O–H groups in total. The molecule has 2 aliphatic heterocycles. The van der Waals surface area contributed by atoms with Crippen LogP contribution in [0.15, 0.2) is 27.8 Å². The summed E-state index contributed by atoms with van der Waals surface area (Å²) in [5.41, 5.74) is 0. The van der Waals surface area contributed by atoms with Crippen molar-refractivity contribution in [3.63, 3.8) is 0 Å². The maximum atomic E-state index is 5.68. The Hall–Kier alpha value is -0.800. The number of nitrogens with one attached hydrogen (secondary N) is 2. The van der Waals surface area contributed by atoms with Gasteiger partial charge < -0.3 is 19.8 Å². The van der Waals surface area contributed by atoms with Crippen LogP contribution in [0, 0.1) is 0 Å². The van der Waals surface area contributed by atoms with E-state index in [1.54, 1.807) is 6.26 Å². The van der Waals surface area contributed by atoms with Gasteiger partial charge in [-0.2, -0.15) is 0 Å². The summed E-state index contributed by atoms with van der Waals surface area (Å²) >= 11 is 0. The molecule has 2 unspecified atom stereocenters. The van der Waals surface area contributed by atoms with Gasteiger partial charge in [-0.3, -0.25) is 9.89 Å². The maximum absolute atomic E-state index is 5.68. The monoisotopic (exact) mass is 462 g/mol. The SMILES string of the molecule is CCNC(=NCC(c1ccco1)N1CCCC1)NCC1CCCO1.I. The van der Waals surface area contributed by atoms with E-state index < -0.39 is 0 Å². The van der Waals surface area contributed by atoms with Crippen molar-refractivity contribution in [1.29, 1.82) is 0 Å². The van der Waals surface area contributed by atoms with Crippen LogP contribution in [0.25, 0.3) is 0 Å². The van der Waals surface area contributed by atoms with Crippen LogP contribution in [0.2, 0.25) is 0 Å². The fraction of sp³-hybridized carbons (Fsp3) is 0.722. The van der Waals surface area contributed by atoms with Crippen LogP contribution in [-0.4, -0.2) is 56.3 Å². The van der Waals surface area contributed by atoms with Gasteiger partial charge in [-0.15, -0.1) is 24.0 Å². The summed E-state index contributed by atoms with van der Waals surface area (Å²) in [7, 11) is 0. The topological polar surface area (TPSA) is 62.0 Å². The van der Waals surface area contributed by atoms with Crippen LogP contribution in [-0.2, 0) is 4.74 Å². The molecule has 7 heteroatoms. The molecule has 0 radical (unpaired) electrons. The first-order valence-corrected chi connectivity index (χ1v) is 9.28. The zero-order valence-corrected chi connectivity index (χ0v) is 17.4. The highest BCUT2D eigenvalue weighted by atomic mass is 127. The lowest BCUT2D eigenvalue weighted by Crippen LogP contribution is -2.41. The number of aliphatic imine (C=N–C) groups is 1. The number of hydrogen-bond acceptors (Lipinski definition) is 4. The number of guanidine groups is 1. The average molecular weight is 462 g/mol. The molecule has 2 aliphatic rings. The number of likely N-dealkylation sites (tertiary alicyclic amines) is 1. The summed E-state index contributed by atoms with van der Waals surface area (Å²) in [4.78, 5) is 7.29. The second-order valence-electron chi connectivity index (χ2n) is 6.51. The lowest BCUT2D eigenvalue weighted by Gasteiger charge is -2.24. The molecule has 3 rings (SSSR count). The minimum Gasteiger partial charge on any atom is -0.468 e. The van der Waals surface area contributed by atoms with E-state index in [1.165, 1.54) is 12.8 Å². The molecule has 0 aromatic carbocycles. The Morgan fingerprint density at radius 2 is 2.16 bits per heavy atom. The molecular formula is C18H31IN4O2. The van der Waals surface area contributed by atoms with Crippen LogP contribution < -0.4 is 10.6 Å². The standard InChI is InChI=1S/C18H30N4O2.HI/c1-2-19-18(20-13-15-7-5-11-23-15)21-14-16(17-8-6-12-24-17)22-9-3-4-10-22;/h6,8,12,15-16H,2-5,7,9-11,13-14H2,1H3,(H2,19,20,21);1H. The summed E-state index contributed by atoms with van der Waals surface area (Å²) in [6.07, 6.45) is 6.89. The van der Waals surface area contributed by atoms with Gasteiger partial charge in [-0.25, -0.2) is 0 Å². The van der Waals surface area contributed by atoms with Crippen molar-refractivity contribution in [3.05, 3.63) is 24.2 Å². The largest absolute Gasteiger partial charge is 0.468 e. The molecule has 0 bridgehead atoms. The Labute approximate surface area is 167 Å². The number of rotatable bonds is 7. The van der Waals surface area contributed by atoms with Gasteiger partial charge in [0.05, 0.1) is 25.0 Å². The van der Waals surface area contributed by atoms with E-state index in [2.05, 4.69) is 28.5 Å². The van der Waals surface area contributed by atoms with E-state index in [0.717, 1.165) is 57.3 Å². The summed E-state index contributed by atoms with van der Waals surface area (Å²) in [6.45, 7) is 7.60. The molecule has 6 nitrogen and oxygen atoms in total. The Morgan fingerprint density at radius 1 is 1.32 bits per heavy atom.